The Balaban J connectivity index is 1.31. The highest BCUT2D eigenvalue weighted by molar-refractivity contribution is 5.85. The Labute approximate surface area is 180 Å². The van der Waals surface area contributed by atoms with Gasteiger partial charge in [0.2, 0.25) is 0 Å². The number of hydrazone groups is 1. The molecule has 0 aliphatic carbocycles. The Bertz CT molecular complexity index is 962. The van der Waals surface area contributed by atoms with Crippen molar-refractivity contribution in [3.05, 3.63) is 77.9 Å². The summed E-state index contributed by atoms with van der Waals surface area (Å²) >= 11 is 0. The second-order valence-corrected chi connectivity index (χ2v) is 8.03. The van der Waals surface area contributed by atoms with Gasteiger partial charge in [0.05, 0.1) is 32.4 Å². The Morgan fingerprint density at radius 3 is 2.33 bits per heavy atom. The third-order valence-corrected chi connectivity index (χ3v) is 6.16. The van der Waals surface area contributed by atoms with Gasteiger partial charge in [0.15, 0.2) is 0 Å². The van der Waals surface area contributed by atoms with Crippen LogP contribution in [0.4, 0.5) is 5.69 Å². The smallest absolute Gasteiger partial charge is 0.104 e. The molecule has 0 unspecified atom stereocenters. The average Bonchev–Trinajstić information content (AvgIpc) is 2.80. The molecule has 3 aromatic rings. The van der Waals surface area contributed by atoms with Gasteiger partial charge in [-0.1, -0.05) is 54.6 Å². The van der Waals surface area contributed by atoms with E-state index in [9.17, 15) is 0 Å². The third kappa shape index (κ3) is 4.82. The van der Waals surface area contributed by atoms with Gasteiger partial charge in [-0.25, -0.2) is 0 Å². The van der Waals surface area contributed by atoms with Crippen molar-refractivity contribution in [2.75, 3.05) is 44.2 Å². The van der Waals surface area contributed by atoms with E-state index >= 15 is 0 Å². The van der Waals surface area contributed by atoms with Crippen molar-refractivity contribution in [1.29, 1.82) is 0 Å². The van der Waals surface area contributed by atoms with Crippen molar-refractivity contribution >= 4 is 22.7 Å². The SMILES string of the molecule is CCN(CC)c1ccc(/C=N\N2CC[NH+](Cc3cccc4ccccc34)CC2)cc1. The first-order valence-electron chi connectivity index (χ1n) is 11.2. The summed E-state index contributed by atoms with van der Waals surface area (Å²) in [6.07, 6.45) is 2.00. The number of fused-ring (bicyclic) bond motifs is 1. The molecular formula is C26H33N4+. The highest BCUT2D eigenvalue weighted by Crippen LogP contribution is 2.18. The topological polar surface area (TPSA) is 23.3 Å². The minimum Gasteiger partial charge on any atom is -0.372 e. The summed E-state index contributed by atoms with van der Waals surface area (Å²) in [4.78, 5) is 4.00. The van der Waals surface area contributed by atoms with Crippen LogP contribution in [0.5, 0.6) is 0 Å². The zero-order valence-corrected chi connectivity index (χ0v) is 18.2. The van der Waals surface area contributed by atoms with Crippen LogP contribution in [0, 0.1) is 0 Å². The second kappa shape index (κ2) is 9.77. The lowest BCUT2D eigenvalue weighted by atomic mass is 10.0. The molecule has 1 fully saturated rings. The highest BCUT2D eigenvalue weighted by atomic mass is 15.5. The average molecular weight is 402 g/mol. The van der Waals surface area contributed by atoms with Crippen LogP contribution in [0.1, 0.15) is 25.0 Å². The van der Waals surface area contributed by atoms with E-state index in [1.807, 2.05) is 6.21 Å². The summed E-state index contributed by atoms with van der Waals surface area (Å²) < 4.78 is 0. The molecule has 0 aromatic heterocycles. The lowest BCUT2D eigenvalue weighted by Gasteiger charge is -2.30. The standard InChI is InChI=1S/C26H32N4/c1-3-29(4-2)25-14-12-22(13-15-25)20-27-30-18-16-28(17-19-30)21-24-10-7-9-23-8-5-6-11-26(23)24/h5-15,20H,3-4,16-19,21H2,1-2H3/p+1/b27-20-. The Morgan fingerprint density at radius 2 is 1.60 bits per heavy atom. The largest absolute Gasteiger partial charge is 0.372 e. The van der Waals surface area contributed by atoms with Gasteiger partial charge in [0, 0.05) is 24.3 Å². The van der Waals surface area contributed by atoms with Crippen molar-refractivity contribution in [3.8, 4) is 0 Å². The molecule has 156 valence electrons. The van der Waals surface area contributed by atoms with Crippen LogP contribution in [0.2, 0.25) is 0 Å². The molecule has 4 nitrogen and oxygen atoms in total. The van der Waals surface area contributed by atoms with Gasteiger partial charge in [0.25, 0.3) is 0 Å². The van der Waals surface area contributed by atoms with Gasteiger partial charge in [-0.15, -0.1) is 0 Å². The van der Waals surface area contributed by atoms with Gasteiger partial charge < -0.3 is 9.80 Å². The minimum atomic E-state index is 1.01. The zero-order valence-electron chi connectivity index (χ0n) is 18.2. The first-order chi connectivity index (χ1) is 14.8. The van der Waals surface area contributed by atoms with E-state index in [2.05, 4.69) is 90.5 Å². The molecule has 1 N–H and O–H groups in total. The first kappa shape index (κ1) is 20.4. The number of rotatable bonds is 7. The van der Waals surface area contributed by atoms with E-state index in [1.54, 1.807) is 4.90 Å². The fourth-order valence-electron chi connectivity index (χ4n) is 4.33. The van der Waals surface area contributed by atoms with E-state index in [0.29, 0.717) is 0 Å². The molecule has 4 rings (SSSR count). The molecule has 0 spiro atoms. The molecular weight excluding hydrogens is 368 g/mol. The van der Waals surface area contributed by atoms with Crippen LogP contribution in [0.15, 0.2) is 71.8 Å². The molecule has 4 heteroatoms. The van der Waals surface area contributed by atoms with Crippen molar-refractivity contribution in [2.45, 2.75) is 20.4 Å². The Kier molecular flexibility index (Phi) is 6.65. The predicted molar refractivity (Wildman–Crippen MR) is 128 cm³/mol. The fourth-order valence-corrected chi connectivity index (χ4v) is 4.33. The molecule has 3 aromatic carbocycles. The molecule has 0 atom stereocenters. The Hall–Kier alpha value is -2.85. The van der Waals surface area contributed by atoms with Gasteiger partial charge >= 0.3 is 0 Å². The number of nitrogens with zero attached hydrogens (tertiary/aromatic N) is 3. The van der Waals surface area contributed by atoms with Gasteiger partial charge in [-0.2, -0.15) is 5.10 Å². The van der Waals surface area contributed by atoms with Gasteiger partial charge in [-0.3, -0.25) is 5.01 Å². The number of piperazine rings is 1. The normalized spacial score (nSPS) is 15.2. The van der Waals surface area contributed by atoms with Gasteiger partial charge in [-0.05, 0) is 42.3 Å². The number of quaternary nitrogens is 1. The van der Waals surface area contributed by atoms with E-state index in [4.69, 9.17) is 5.10 Å². The summed E-state index contributed by atoms with van der Waals surface area (Å²) in [5.41, 5.74) is 3.90. The molecule has 1 aliphatic rings. The summed E-state index contributed by atoms with van der Waals surface area (Å²) in [6.45, 7) is 11.8. The molecule has 0 bridgehead atoms. The lowest BCUT2D eigenvalue weighted by Crippen LogP contribution is -3.13. The third-order valence-electron chi connectivity index (χ3n) is 6.16. The maximum absolute atomic E-state index is 4.74. The molecule has 0 radical (unpaired) electrons. The number of anilines is 1. The highest BCUT2D eigenvalue weighted by Gasteiger charge is 2.19. The van der Waals surface area contributed by atoms with Crippen molar-refractivity contribution < 1.29 is 4.90 Å². The summed E-state index contributed by atoms with van der Waals surface area (Å²) in [5, 5.41) is 9.68. The Morgan fingerprint density at radius 1 is 0.900 bits per heavy atom. The summed E-state index contributed by atoms with van der Waals surface area (Å²) in [6, 6.07) is 24.1. The number of hydrogen-bond donors (Lipinski definition) is 1. The first-order valence-corrected chi connectivity index (χ1v) is 11.2. The molecule has 0 amide bonds. The fraction of sp³-hybridized carbons (Fsp3) is 0.346. The van der Waals surface area contributed by atoms with Crippen LogP contribution < -0.4 is 9.80 Å². The van der Waals surface area contributed by atoms with Gasteiger partial charge in [0.1, 0.15) is 6.54 Å². The minimum absolute atomic E-state index is 1.01. The predicted octanol–water partition coefficient (Wildman–Crippen LogP) is 3.42. The second-order valence-electron chi connectivity index (χ2n) is 8.03. The maximum atomic E-state index is 4.74. The van der Waals surface area contributed by atoms with Crippen molar-refractivity contribution in [2.24, 2.45) is 5.10 Å². The van der Waals surface area contributed by atoms with Crippen LogP contribution in [-0.4, -0.2) is 50.5 Å². The molecule has 30 heavy (non-hydrogen) atoms. The molecule has 1 aliphatic heterocycles. The van der Waals surface area contributed by atoms with E-state index in [-0.39, 0.29) is 0 Å². The van der Waals surface area contributed by atoms with Crippen LogP contribution in [-0.2, 0) is 6.54 Å². The summed E-state index contributed by atoms with van der Waals surface area (Å²) in [7, 11) is 0. The zero-order chi connectivity index (χ0) is 20.8. The van der Waals surface area contributed by atoms with Crippen molar-refractivity contribution in [3.63, 3.8) is 0 Å². The van der Waals surface area contributed by atoms with E-state index in [0.717, 1.165) is 51.4 Å². The molecule has 0 saturated carbocycles. The summed E-state index contributed by atoms with van der Waals surface area (Å²) in [5.74, 6) is 0. The maximum Gasteiger partial charge on any atom is 0.104 e. The number of benzene rings is 3. The molecule has 1 saturated heterocycles. The lowest BCUT2D eigenvalue weighted by molar-refractivity contribution is -0.918. The van der Waals surface area contributed by atoms with Crippen LogP contribution in [0.25, 0.3) is 10.8 Å². The van der Waals surface area contributed by atoms with E-state index < -0.39 is 0 Å². The molecule has 1 heterocycles. The van der Waals surface area contributed by atoms with Crippen LogP contribution >= 0.6 is 0 Å². The van der Waals surface area contributed by atoms with Crippen LogP contribution in [0.3, 0.4) is 0 Å². The van der Waals surface area contributed by atoms with E-state index in [1.165, 1.54) is 22.0 Å². The van der Waals surface area contributed by atoms with Crippen molar-refractivity contribution in [1.82, 2.24) is 5.01 Å². The monoisotopic (exact) mass is 401 g/mol. The quantitative estimate of drug-likeness (QED) is 0.613. The number of nitrogens with one attached hydrogen (secondary N) is 1. The number of hydrogen-bond acceptors (Lipinski definition) is 3.